The van der Waals surface area contributed by atoms with Gasteiger partial charge < -0.3 is 21.3 Å². The number of aromatic nitrogens is 4. The van der Waals surface area contributed by atoms with Crippen LogP contribution in [0.25, 0.3) is 0 Å². The lowest BCUT2D eigenvalue weighted by molar-refractivity contribution is 0.0934. The van der Waals surface area contributed by atoms with Crippen molar-refractivity contribution in [3.8, 4) is 0 Å². The van der Waals surface area contributed by atoms with Crippen molar-refractivity contribution in [2.75, 3.05) is 30.9 Å². The number of pyridine rings is 1. The summed E-state index contributed by atoms with van der Waals surface area (Å²) in [6, 6.07) is 4.93. The van der Waals surface area contributed by atoms with E-state index in [0.29, 0.717) is 18.2 Å². The molecule has 1 atom stereocenters. The molecule has 0 aliphatic heterocycles. The van der Waals surface area contributed by atoms with Crippen molar-refractivity contribution in [1.82, 2.24) is 25.5 Å². The third-order valence-corrected chi connectivity index (χ3v) is 3.31. The number of primary amides is 1. The maximum atomic E-state index is 12.1. The number of anilines is 2. The van der Waals surface area contributed by atoms with E-state index in [2.05, 4.69) is 30.8 Å². The van der Waals surface area contributed by atoms with Crippen LogP contribution >= 0.6 is 0 Å². The number of nitrogens with one attached hydrogen (secondary N) is 2. The molecule has 0 aliphatic rings. The van der Waals surface area contributed by atoms with E-state index in [0.717, 1.165) is 0 Å². The zero-order chi connectivity index (χ0) is 18.4. The van der Waals surface area contributed by atoms with Gasteiger partial charge in [0.15, 0.2) is 11.5 Å². The highest BCUT2D eigenvalue weighted by atomic mass is 16.2. The third-order valence-electron chi connectivity index (χ3n) is 3.31. The molecular formula is C15H20N8O2. The topological polar surface area (TPSA) is 139 Å². The van der Waals surface area contributed by atoms with Gasteiger partial charge in [0.05, 0.1) is 0 Å². The van der Waals surface area contributed by atoms with E-state index in [1.807, 2.05) is 6.92 Å². The molecule has 0 aromatic carbocycles. The molecule has 132 valence electrons. The van der Waals surface area contributed by atoms with Crippen molar-refractivity contribution in [1.29, 1.82) is 0 Å². The Morgan fingerprint density at radius 1 is 1.32 bits per heavy atom. The van der Waals surface area contributed by atoms with Gasteiger partial charge in [-0.05, 0) is 19.1 Å². The molecule has 2 aromatic heterocycles. The van der Waals surface area contributed by atoms with Crippen LogP contribution in [0.3, 0.4) is 0 Å². The molecule has 10 heteroatoms. The molecule has 2 rings (SSSR count). The Balaban J connectivity index is 2.02. The van der Waals surface area contributed by atoms with Gasteiger partial charge in [-0.2, -0.15) is 4.98 Å². The van der Waals surface area contributed by atoms with Crippen molar-refractivity contribution in [3.63, 3.8) is 0 Å². The van der Waals surface area contributed by atoms with Crippen LogP contribution in [0.5, 0.6) is 0 Å². The highest BCUT2D eigenvalue weighted by Gasteiger charge is 2.17. The van der Waals surface area contributed by atoms with Crippen LogP contribution < -0.4 is 21.3 Å². The Morgan fingerprint density at radius 2 is 2.08 bits per heavy atom. The van der Waals surface area contributed by atoms with E-state index in [1.165, 1.54) is 0 Å². The van der Waals surface area contributed by atoms with Gasteiger partial charge in [-0.3, -0.25) is 14.6 Å². The normalized spacial score (nSPS) is 11.5. The van der Waals surface area contributed by atoms with Gasteiger partial charge in [0.1, 0.15) is 5.69 Å². The average molecular weight is 344 g/mol. The fraction of sp³-hybridized carbons (Fsp3) is 0.333. The first-order valence-corrected chi connectivity index (χ1v) is 7.57. The van der Waals surface area contributed by atoms with Crippen molar-refractivity contribution in [3.05, 3.63) is 35.8 Å². The van der Waals surface area contributed by atoms with Crippen molar-refractivity contribution in [2.45, 2.75) is 13.0 Å². The van der Waals surface area contributed by atoms with Crippen LogP contribution in [0.2, 0.25) is 0 Å². The SMILES string of the molecule is CNc1nc(N(C)CC(C)NC(=O)c2ccccn2)nnc1C(N)=O. The monoisotopic (exact) mass is 344 g/mol. The smallest absolute Gasteiger partial charge is 0.273 e. The Kier molecular flexibility index (Phi) is 5.77. The molecule has 1 unspecified atom stereocenters. The third kappa shape index (κ3) is 4.59. The van der Waals surface area contributed by atoms with Crippen molar-refractivity contribution >= 4 is 23.6 Å². The zero-order valence-electron chi connectivity index (χ0n) is 14.2. The predicted octanol–water partition coefficient (Wildman–Crippen LogP) is -0.338. The Morgan fingerprint density at radius 3 is 2.68 bits per heavy atom. The number of rotatable bonds is 7. The fourth-order valence-electron chi connectivity index (χ4n) is 2.15. The van der Waals surface area contributed by atoms with Gasteiger partial charge in [0.2, 0.25) is 5.95 Å². The Labute approximate surface area is 144 Å². The molecule has 4 N–H and O–H groups in total. The summed E-state index contributed by atoms with van der Waals surface area (Å²) in [5.74, 6) is -0.433. The van der Waals surface area contributed by atoms with E-state index < -0.39 is 5.91 Å². The number of carbonyl (C=O) groups is 2. The Bertz CT molecular complexity index is 752. The molecule has 25 heavy (non-hydrogen) atoms. The van der Waals surface area contributed by atoms with Gasteiger partial charge in [-0.1, -0.05) is 6.07 Å². The quantitative estimate of drug-likeness (QED) is 0.620. The van der Waals surface area contributed by atoms with Crippen molar-refractivity contribution in [2.24, 2.45) is 5.73 Å². The summed E-state index contributed by atoms with van der Waals surface area (Å²) < 4.78 is 0. The average Bonchev–Trinajstić information content (AvgIpc) is 2.61. The van der Waals surface area contributed by atoms with Crippen LogP contribution in [-0.2, 0) is 0 Å². The van der Waals surface area contributed by atoms with E-state index >= 15 is 0 Å². The van der Waals surface area contributed by atoms with Gasteiger partial charge in [0.25, 0.3) is 11.8 Å². The maximum Gasteiger partial charge on any atom is 0.273 e. The molecule has 2 heterocycles. The van der Waals surface area contributed by atoms with Crippen LogP contribution in [0, 0.1) is 0 Å². The van der Waals surface area contributed by atoms with E-state index in [9.17, 15) is 9.59 Å². The second kappa shape index (κ2) is 7.99. The maximum absolute atomic E-state index is 12.1. The van der Waals surface area contributed by atoms with Crippen LogP contribution in [0.4, 0.5) is 11.8 Å². The van der Waals surface area contributed by atoms with E-state index in [1.54, 1.807) is 43.4 Å². The minimum atomic E-state index is -0.713. The second-order valence-electron chi connectivity index (χ2n) is 5.39. The second-order valence-corrected chi connectivity index (χ2v) is 5.39. The zero-order valence-corrected chi connectivity index (χ0v) is 14.2. The minimum absolute atomic E-state index is 0.0313. The Hall–Kier alpha value is -3.30. The highest BCUT2D eigenvalue weighted by molar-refractivity contribution is 5.95. The minimum Gasteiger partial charge on any atom is -0.371 e. The number of nitrogens with zero attached hydrogens (tertiary/aromatic N) is 5. The highest BCUT2D eigenvalue weighted by Crippen LogP contribution is 2.12. The van der Waals surface area contributed by atoms with Crippen LogP contribution in [-0.4, -0.2) is 58.7 Å². The molecule has 0 spiro atoms. The van der Waals surface area contributed by atoms with Crippen molar-refractivity contribution < 1.29 is 9.59 Å². The summed E-state index contributed by atoms with van der Waals surface area (Å²) in [7, 11) is 3.36. The first kappa shape index (κ1) is 18.0. The number of amides is 2. The van der Waals surface area contributed by atoms with E-state index in [4.69, 9.17) is 5.73 Å². The largest absolute Gasteiger partial charge is 0.371 e. The number of nitrogens with two attached hydrogens (primary N) is 1. The summed E-state index contributed by atoms with van der Waals surface area (Å²) >= 11 is 0. The summed E-state index contributed by atoms with van der Waals surface area (Å²) in [5, 5.41) is 13.3. The number of likely N-dealkylation sites (N-methyl/N-ethyl adjacent to an activating group) is 1. The van der Waals surface area contributed by atoms with Gasteiger partial charge in [-0.15, -0.1) is 10.2 Å². The standard InChI is InChI=1S/C15H20N8O2/c1-9(19-14(25)10-6-4-5-7-18-10)8-23(3)15-20-13(17-2)11(12(16)24)21-22-15/h4-7,9H,8H2,1-3H3,(H2,16,24)(H,19,25)(H,17,20,22). The molecule has 0 bridgehead atoms. The fourth-order valence-corrected chi connectivity index (χ4v) is 2.15. The lowest BCUT2D eigenvalue weighted by Crippen LogP contribution is -2.41. The summed E-state index contributed by atoms with van der Waals surface area (Å²) in [6.45, 7) is 2.28. The molecule has 10 nitrogen and oxygen atoms in total. The van der Waals surface area contributed by atoms with Gasteiger partial charge in [0, 0.05) is 32.9 Å². The summed E-state index contributed by atoms with van der Waals surface area (Å²) in [4.78, 5) is 33.3. The molecule has 0 saturated heterocycles. The van der Waals surface area contributed by atoms with Gasteiger partial charge in [-0.25, -0.2) is 0 Å². The van der Waals surface area contributed by atoms with Crippen LogP contribution in [0.15, 0.2) is 24.4 Å². The van der Waals surface area contributed by atoms with E-state index in [-0.39, 0.29) is 23.5 Å². The predicted molar refractivity (Wildman–Crippen MR) is 92.3 cm³/mol. The summed E-state index contributed by atoms with van der Waals surface area (Å²) in [6.07, 6.45) is 1.56. The molecule has 2 aromatic rings. The first-order valence-electron chi connectivity index (χ1n) is 7.57. The van der Waals surface area contributed by atoms with Crippen LogP contribution in [0.1, 0.15) is 27.9 Å². The molecule has 0 radical (unpaired) electrons. The number of carbonyl (C=O) groups excluding carboxylic acids is 2. The lowest BCUT2D eigenvalue weighted by Gasteiger charge is -2.22. The lowest BCUT2D eigenvalue weighted by atomic mass is 10.2. The van der Waals surface area contributed by atoms with Gasteiger partial charge >= 0.3 is 0 Å². The summed E-state index contributed by atoms with van der Waals surface area (Å²) in [5.41, 5.74) is 5.53. The molecule has 0 aliphatic carbocycles. The number of hydrogen-bond donors (Lipinski definition) is 3. The number of hydrogen-bond acceptors (Lipinski definition) is 8. The molecule has 0 saturated carbocycles. The molecule has 2 amide bonds. The molecular weight excluding hydrogens is 324 g/mol. The first-order chi connectivity index (χ1) is 11.9. The molecule has 0 fully saturated rings.